The van der Waals surface area contributed by atoms with Crippen LogP contribution in [0.4, 0.5) is 5.69 Å². The number of hydrogen-bond donors (Lipinski definition) is 1. The van der Waals surface area contributed by atoms with Crippen LogP contribution in [0.5, 0.6) is 17.5 Å². The quantitative estimate of drug-likeness (QED) is 0.868. The highest BCUT2D eigenvalue weighted by Crippen LogP contribution is 2.26. The molecule has 0 amide bonds. The second-order valence-electron chi connectivity index (χ2n) is 4.47. The summed E-state index contributed by atoms with van der Waals surface area (Å²) in [6, 6.07) is 11.5. The Morgan fingerprint density at radius 2 is 1.80 bits per heavy atom. The number of rotatable bonds is 6. The number of nitrogen functional groups attached to an aromatic ring is 1. The summed E-state index contributed by atoms with van der Waals surface area (Å²) in [5, 5.41) is 0. The molecular formula is C16H20N2O2. The van der Waals surface area contributed by atoms with Crippen LogP contribution in [-0.4, -0.2) is 11.6 Å². The molecule has 0 fully saturated rings. The van der Waals surface area contributed by atoms with Gasteiger partial charge in [0.25, 0.3) is 0 Å². The third kappa shape index (κ3) is 3.63. The van der Waals surface area contributed by atoms with Crippen LogP contribution in [0.2, 0.25) is 0 Å². The van der Waals surface area contributed by atoms with Gasteiger partial charge in [-0.3, -0.25) is 0 Å². The highest BCUT2D eigenvalue weighted by atomic mass is 16.5. The molecule has 0 radical (unpaired) electrons. The lowest BCUT2D eigenvalue weighted by Crippen LogP contribution is -2.00. The zero-order valence-electron chi connectivity index (χ0n) is 11.9. The predicted molar refractivity (Wildman–Crippen MR) is 80.3 cm³/mol. The molecule has 2 rings (SSSR count). The van der Waals surface area contributed by atoms with E-state index in [4.69, 9.17) is 15.2 Å². The van der Waals surface area contributed by atoms with E-state index >= 15 is 0 Å². The van der Waals surface area contributed by atoms with Crippen LogP contribution in [0.3, 0.4) is 0 Å². The Morgan fingerprint density at radius 3 is 2.45 bits per heavy atom. The first kappa shape index (κ1) is 14.2. The maximum absolute atomic E-state index is 5.78. The Morgan fingerprint density at radius 1 is 1.05 bits per heavy atom. The number of hydrogen-bond acceptors (Lipinski definition) is 4. The summed E-state index contributed by atoms with van der Waals surface area (Å²) < 4.78 is 11.1. The third-order valence-electron chi connectivity index (χ3n) is 2.83. The molecule has 4 nitrogen and oxygen atoms in total. The zero-order chi connectivity index (χ0) is 14.4. The van der Waals surface area contributed by atoms with Gasteiger partial charge < -0.3 is 15.2 Å². The maximum Gasteiger partial charge on any atom is 0.240 e. The van der Waals surface area contributed by atoms with Crippen LogP contribution >= 0.6 is 0 Å². The summed E-state index contributed by atoms with van der Waals surface area (Å²) in [7, 11) is 0. The minimum Gasteiger partial charge on any atom is -0.476 e. The normalized spacial score (nSPS) is 10.3. The largest absolute Gasteiger partial charge is 0.476 e. The van der Waals surface area contributed by atoms with Crippen molar-refractivity contribution in [2.45, 2.75) is 26.7 Å². The number of nitrogens with two attached hydrogens (primary N) is 1. The van der Waals surface area contributed by atoms with Crippen molar-refractivity contribution in [3.05, 3.63) is 42.0 Å². The summed E-state index contributed by atoms with van der Waals surface area (Å²) in [4.78, 5) is 4.25. The van der Waals surface area contributed by atoms with E-state index in [1.54, 1.807) is 12.1 Å². The van der Waals surface area contributed by atoms with Crippen LogP contribution in [-0.2, 0) is 6.42 Å². The van der Waals surface area contributed by atoms with Gasteiger partial charge in [-0.2, -0.15) is 4.98 Å². The summed E-state index contributed by atoms with van der Waals surface area (Å²) in [5.74, 6) is 1.64. The highest BCUT2D eigenvalue weighted by molar-refractivity contribution is 5.49. The second kappa shape index (κ2) is 6.80. The fourth-order valence-corrected chi connectivity index (χ4v) is 1.88. The molecule has 0 aliphatic carbocycles. The molecule has 0 bridgehead atoms. The Labute approximate surface area is 119 Å². The zero-order valence-corrected chi connectivity index (χ0v) is 11.9. The smallest absolute Gasteiger partial charge is 0.240 e. The summed E-state index contributed by atoms with van der Waals surface area (Å²) >= 11 is 0. The fourth-order valence-electron chi connectivity index (χ4n) is 1.88. The molecule has 0 unspecified atom stereocenters. The number of anilines is 1. The second-order valence-corrected chi connectivity index (χ2v) is 4.47. The number of nitrogens with zero attached hydrogens (tertiary/aromatic N) is 1. The van der Waals surface area contributed by atoms with E-state index in [0.717, 1.165) is 18.6 Å². The van der Waals surface area contributed by atoms with Gasteiger partial charge in [-0.05, 0) is 37.1 Å². The van der Waals surface area contributed by atoms with Crippen molar-refractivity contribution < 1.29 is 9.47 Å². The molecular weight excluding hydrogens is 252 g/mol. The summed E-state index contributed by atoms with van der Waals surface area (Å²) in [6.45, 7) is 4.57. The first-order chi connectivity index (χ1) is 9.72. The molecule has 2 N–H and O–H groups in total. The molecule has 0 atom stereocenters. The minimum absolute atomic E-state index is 0.410. The molecule has 1 aromatic heterocycles. The molecule has 2 aromatic rings. The van der Waals surface area contributed by atoms with Gasteiger partial charge in [0.05, 0.1) is 12.3 Å². The van der Waals surface area contributed by atoms with Gasteiger partial charge in [0.1, 0.15) is 5.75 Å². The van der Waals surface area contributed by atoms with Crippen molar-refractivity contribution in [2.75, 3.05) is 12.3 Å². The van der Waals surface area contributed by atoms with Crippen LogP contribution in [0, 0.1) is 0 Å². The highest BCUT2D eigenvalue weighted by Gasteiger charge is 2.05. The first-order valence-corrected chi connectivity index (χ1v) is 6.89. The standard InChI is InChI=1S/C16H20N2O2/c1-3-5-12-6-8-13(9-7-12)20-15-11-10-14(17)16(18-15)19-4-2/h6-11H,3-5,17H2,1-2H3. The molecule has 0 saturated heterocycles. The van der Waals surface area contributed by atoms with Crippen molar-refractivity contribution in [2.24, 2.45) is 0 Å². The molecule has 20 heavy (non-hydrogen) atoms. The molecule has 4 heteroatoms. The van der Waals surface area contributed by atoms with E-state index in [1.807, 2.05) is 19.1 Å². The van der Waals surface area contributed by atoms with Crippen molar-refractivity contribution in [3.8, 4) is 17.5 Å². The monoisotopic (exact) mass is 272 g/mol. The Bertz CT molecular complexity index is 553. The fraction of sp³-hybridized carbons (Fsp3) is 0.312. The van der Waals surface area contributed by atoms with Crippen LogP contribution in [0.1, 0.15) is 25.8 Å². The Kier molecular flexibility index (Phi) is 4.82. The number of benzene rings is 1. The SMILES string of the molecule is CCCc1ccc(Oc2ccc(N)c(OCC)n2)cc1. The first-order valence-electron chi connectivity index (χ1n) is 6.89. The molecule has 0 aliphatic rings. The van der Waals surface area contributed by atoms with Gasteiger partial charge in [-0.25, -0.2) is 0 Å². The van der Waals surface area contributed by atoms with E-state index in [9.17, 15) is 0 Å². The van der Waals surface area contributed by atoms with Crippen LogP contribution < -0.4 is 15.2 Å². The molecule has 0 spiro atoms. The molecule has 1 aromatic carbocycles. The van der Waals surface area contributed by atoms with E-state index in [1.165, 1.54) is 5.56 Å². The van der Waals surface area contributed by atoms with Crippen molar-refractivity contribution in [1.82, 2.24) is 4.98 Å². The van der Waals surface area contributed by atoms with Crippen LogP contribution in [0.15, 0.2) is 36.4 Å². The average molecular weight is 272 g/mol. The predicted octanol–water partition coefficient (Wildman–Crippen LogP) is 3.81. The number of ether oxygens (including phenoxy) is 2. The number of aryl methyl sites for hydroxylation is 1. The lowest BCUT2D eigenvalue weighted by Gasteiger charge is -2.09. The molecule has 0 saturated carbocycles. The van der Waals surface area contributed by atoms with E-state index in [-0.39, 0.29) is 0 Å². The third-order valence-corrected chi connectivity index (χ3v) is 2.83. The topological polar surface area (TPSA) is 57.4 Å². The average Bonchev–Trinajstić information content (AvgIpc) is 2.45. The summed E-state index contributed by atoms with van der Waals surface area (Å²) in [6.07, 6.45) is 2.21. The number of pyridine rings is 1. The maximum atomic E-state index is 5.78. The minimum atomic E-state index is 0.410. The van der Waals surface area contributed by atoms with Gasteiger partial charge in [-0.1, -0.05) is 25.5 Å². The van der Waals surface area contributed by atoms with E-state index < -0.39 is 0 Å². The van der Waals surface area contributed by atoms with Crippen molar-refractivity contribution in [1.29, 1.82) is 0 Å². The lowest BCUT2D eigenvalue weighted by atomic mass is 10.1. The summed E-state index contributed by atoms with van der Waals surface area (Å²) in [5.41, 5.74) is 7.60. The van der Waals surface area contributed by atoms with Crippen molar-refractivity contribution in [3.63, 3.8) is 0 Å². The van der Waals surface area contributed by atoms with E-state index in [0.29, 0.717) is 24.1 Å². The lowest BCUT2D eigenvalue weighted by molar-refractivity contribution is 0.323. The Balaban J connectivity index is 2.11. The van der Waals surface area contributed by atoms with Gasteiger partial charge >= 0.3 is 0 Å². The molecule has 1 heterocycles. The van der Waals surface area contributed by atoms with E-state index in [2.05, 4.69) is 24.0 Å². The van der Waals surface area contributed by atoms with Gasteiger partial charge in [0.15, 0.2) is 0 Å². The molecule has 0 aliphatic heterocycles. The van der Waals surface area contributed by atoms with Crippen molar-refractivity contribution >= 4 is 5.69 Å². The van der Waals surface area contributed by atoms with Gasteiger partial charge in [0, 0.05) is 6.07 Å². The Hall–Kier alpha value is -2.23. The van der Waals surface area contributed by atoms with Gasteiger partial charge in [0.2, 0.25) is 11.8 Å². The van der Waals surface area contributed by atoms with Crippen LogP contribution in [0.25, 0.3) is 0 Å². The molecule has 106 valence electrons. The number of aromatic nitrogens is 1. The van der Waals surface area contributed by atoms with Gasteiger partial charge in [-0.15, -0.1) is 0 Å².